The molecule has 1 aromatic heterocycles. The quantitative estimate of drug-likeness (QED) is 0.378. The molecule has 1 atom stereocenters. The molecule has 0 aliphatic carbocycles. The maximum atomic E-state index is 12.8. The molecule has 154 valence electrons. The van der Waals surface area contributed by atoms with E-state index < -0.39 is 23.2 Å². The second-order valence-corrected chi connectivity index (χ2v) is 8.84. The van der Waals surface area contributed by atoms with E-state index in [2.05, 4.69) is 15.7 Å². The van der Waals surface area contributed by atoms with Gasteiger partial charge < -0.3 is 9.94 Å². The Kier molecular flexibility index (Phi) is 5.90. The molecule has 0 radical (unpaired) electrons. The van der Waals surface area contributed by atoms with Crippen molar-refractivity contribution < 1.29 is 24.3 Å². The Hall–Kier alpha value is -2.67. The third-order valence-corrected chi connectivity index (χ3v) is 7.05. The largest absolute Gasteiger partial charge is 0.389 e. The van der Waals surface area contributed by atoms with Gasteiger partial charge in [0.15, 0.2) is 0 Å². The minimum atomic E-state index is -0.895. The molecule has 0 bridgehead atoms. The van der Waals surface area contributed by atoms with E-state index in [9.17, 15) is 19.5 Å². The molecule has 2 aromatic rings. The molecule has 1 saturated heterocycles. The van der Waals surface area contributed by atoms with Crippen molar-refractivity contribution in [3.05, 3.63) is 51.6 Å². The highest BCUT2D eigenvalue weighted by molar-refractivity contribution is 8.02. The van der Waals surface area contributed by atoms with Crippen molar-refractivity contribution in [3.63, 3.8) is 0 Å². The molecule has 0 saturated carbocycles. The number of carbonyl (C=O) groups excluding carboxylic acids is 3. The van der Waals surface area contributed by atoms with Crippen molar-refractivity contribution in [2.75, 3.05) is 5.75 Å². The van der Waals surface area contributed by atoms with Crippen molar-refractivity contribution in [1.82, 2.24) is 20.6 Å². The number of thioether (sulfide) groups is 1. The Morgan fingerprint density at radius 1 is 1.30 bits per heavy atom. The Balaban J connectivity index is 1.55. The van der Waals surface area contributed by atoms with Crippen LogP contribution in [0, 0.1) is 0 Å². The number of nitrogens with one attached hydrogen (secondary N) is 1. The van der Waals surface area contributed by atoms with Crippen molar-refractivity contribution in [2.45, 2.75) is 18.4 Å². The minimum absolute atomic E-state index is 0.0293. The first-order chi connectivity index (χ1) is 14.5. The summed E-state index contributed by atoms with van der Waals surface area (Å²) in [6, 6.07) is 8.98. The SMILES string of the molecule is O=C(Cc1ccccc1)NOC(=O)C1=C(c2nnc(CO)s2)CS[C@H]2C(=S)C(=O)N12. The van der Waals surface area contributed by atoms with Gasteiger partial charge in [-0.15, -0.1) is 22.0 Å². The third kappa shape index (κ3) is 3.86. The highest BCUT2D eigenvalue weighted by atomic mass is 32.2. The van der Waals surface area contributed by atoms with Crippen LogP contribution in [0.2, 0.25) is 0 Å². The summed E-state index contributed by atoms with van der Waals surface area (Å²) in [5.41, 5.74) is 3.29. The number of hydrogen-bond acceptors (Lipinski definition) is 10. The highest BCUT2D eigenvalue weighted by Gasteiger charge is 2.51. The summed E-state index contributed by atoms with van der Waals surface area (Å²) >= 11 is 7.57. The first kappa shape index (κ1) is 20.6. The van der Waals surface area contributed by atoms with Gasteiger partial charge in [-0.05, 0) is 5.56 Å². The number of nitrogens with zero attached hydrogens (tertiary/aromatic N) is 3. The predicted octanol–water partition coefficient (Wildman–Crippen LogP) is 0.844. The Morgan fingerprint density at radius 2 is 2.07 bits per heavy atom. The Morgan fingerprint density at radius 3 is 2.77 bits per heavy atom. The van der Waals surface area contributed by atoms with Crippen LogP contribution in [0.25, 0.3) is 5.57 Å². The number of β-lactam (4-membered cyclic amide) rings is 1. The summed E-state index contributed by atoms with van der Waals surface area (Å²) in [6.45, 7) is -0.289. The van der Waals surface area contributed by atoms with Gasteiger partial charge in [-0.1, -0.05) is 53.9 Å². The first-order valence-electron chi connectivity index (χ1n) is 8.69. The van der Waals surface area contributed by atoms with Crippen molar-refractivity contribution in [2.24, 2.45) is 0 Å². The summed E-state index contributed by atoms with van der Waals surface area (Å²) in [6.07, 6.45) is 0.0293. The van der Waals surface area contributed by atoms with Crippen molar-refractivity contribution >= 4 is 63.5 Å². The van der Waals surface area contributed by atoms with E-state index >= 15 is 0 Å². The second-order valence-electron chi connectivity index (χ2n) is 6.27. The maximum absolute atomic E-state index is 12.8. The monoisotopic (exact) mass is 462 g/mol. The molecule has 3 heterocycles. The number of aliphatic hydroxyl groups is 1. The van der Waals surface area contributed by atoms with E-state index in [-0.39, 0.29) is 23.6 Å². The van der Waals surface area contributed by atoms with Crippen LogP contribution in [0.4, 0.5) is 0 Å². The summed E-state index contributed by atoms with van der Waals surface area (Å²) in [5, 5.41) is 17.4. The molecule has 1 fully saturated rings. The van der Waals surface area contributed by atoms with Crippen molar-refractivity contribution in [3.8, 4) is 0 Å². The Labute approximate surface area is 184 Å². The van der Waals surface area contributed by atoms with Crippen LogP contribution in [0.5, 0.6) is 0 Å². The number of thiocarbonyl (C=S) groups is 1. The zero-order valence-corrected chi connectivity index (χ0v) is 17.7. The molecule has 30 heavy (non-hydrogen) atoms. The number of fused-ring (bicyclic) bond motifs is 1. The van der Waals surface area contributed by atoms with Crippen LogP contribution in [0.1, 0.15) is 15.6 Å². The van der Waals surface area contributed by atoms with Crippen molar-refractivity contribution in [1.29, 1.82) is 0 Å². The van der Waals surface area contributed by atoms with E-state index in [1.54, 1.807) is 24.3 Å². The topological polar surface area (TPSA) is 122 Å². The predicted molar refractivity (Wildman–Crippen MR) is 113 cm³/mol. The molecule has 2 N–H and O–H groups in total. The van der Waals surface area contributed by atoms with Gasteiger partial charge in [0.05, 0.1) is 13.0 Å². The van der Waals surface area contributed by atoms with Gasteiger partial charge in [0, 0.05) is 11.3 Å². The molecule has 0 unspecified atom stereocenters. The maximum Gasteiger partial charge on any atom is 0.379 e. The number of rotatable bonds is 5. The molecule has 2 aliphatic rings. The van der Waals surface area contributed by atoms with E-state index in [1.807, 2.05) is 6.07 Å². The number of aliphatic hydroxyl groups excluding tert-OH is 1. The number of aromatic nitrogens is 2. The van der Waals surface area contributed by atoms with Gasteiger partial charge in [-0.2, -0.15) is 5.48 Å². The number of benzene rings is 1. The fraction of sp³-hybridized carbons (Fsp3) is 0.222. The minimum Gasteiger partial charge on any atom is -0.389 e. The van der Waals surface area contributed by atoms with Gasteiger partial charge in [0.2, 0.25) is 0 Å². The van der Waals surface area contributed by atoms with E-state index in [4.69, 9.17) is 17.1 Å². The molecule has 2 aliphatic heterocycles. The summed E-state index contributed by atoms with van der Waals surface area (Å²) in [5.74, 6) is -1.53. The Bertz CT molecular complexity index is 1070. The normalized spacial score (nSPS) is 18.0. The molecule has 9 nitrogen and oxygen atoms in total. The summed E-state index contributed by atoms with van der Waals surface area (Å²) < 4.78 is 0. The number of carbonyl (C=O) groups is 3. The molecular formula is C18H14N4O5S3. The van der Waals surface area contributed by atoms with Crippen LogP contribution < -0.4 is 5.48 Å². The molecule has 12 heteroatoms. The molecule has 1 aromatic carbocycles. The highest BCUT2D eigenvalue weighted by Crippen LogP contribution is 2.42. The number of amides is 2. The zero-order chi connectivity index (χ0) is 21.3. The average molecular weight is 463 g/mol. The first-order valence-corrected chi connectivity index (χ1v) is 11.0. The van der Waals surface area contributed by atoms with Gasteiger partial charge >= 0.3 is 5.97 Å². The van der Waals surface area contributed by atoms with Crippen LogP contribution in [-0.4, -0.2) is 54.0 Å². The van der Waals surface area contributed by atoms with Gasteiger partial charge in [-0.3, -0.25) is 14.5 Å². The van der Waals surface area contributed by atoms with E-state index in [0.29, 0.717) is 21.3 Å². The van der Waals surface area contributed by atoms with Crippen LogP contribution >= 0.6 is 35.3 Å². The third-order valence-electron chi connectivity index (χ3n) is 4.32. The fourth-order valence-corrected chi connectivity index (χ4v) is 5.36. The molecule has 0 spiro atoms. The second kappa shape index (κ2) is 8.60. The summed E-state index contributed by atoms with van der Waals surface area (Å²) in [7, 11) is 0. The lowest BCUT2D eigenvalue weighted by atomic mass is 10.1. The molecule has 2 amide bonds. The van der Waals surface area contributed by atoms with Gasteiger partial charge in [0.1, 0.15) is 26.0 Å². The lowest BCUT2D eigenvalue weighted by molar-refractivity contribution is -0.156. The number of hydrogen-bond donors (Lipinski definition) is 2. The lowest BCUT2D eigenvalue weighted by Crippen LogP contribution is -2.61. The standard InChI is InChI=1S/C18H14N4O5S3/c23-7-12-19-20-15(30-12)10-8-29-17-14(28)16(25)22(17)13(10)18(26)27-21-11(24)6-9-4-2-1-3-5-9/h1-5,17,23H,6-8H2,(H,21,24)/t17-/m0/s1. The average Bonchev–Trinajstić information content (AvgIpc) is 3.25. The van der Waals surface area contributed by atoms with Gasteiger partial charge in [0.25, 0.3) is 11.8 Å². The smallest absolute Gasteiger partial charge is 0.379 e. The van der Waals surface area contributed by atoms with Crippen LogP contribution in [0.15, 0.2) is 36.0 Å². The van der Waals surface area contributed by atoms with Crippen LogP contribution in [-0.2, 0) is 32.2 Å². The number of hydroxylamine groups is 1. The zero-order valence-electron chi connectivity index (χ0n) is 15.2. The summed E-state index contributed by atoms with van der Waals surface area (Å²) in [4.78, 5) is 43.7. The van der Waals surface area contributed by atoms with E-state index in [0.717, 1.165) is 16.9 Å². The van der Waals surface area contributed by atoms with Gasteiger partial charge in [-0.25, -0.2) is 4.79 Å². The lowest BCUT2D eigenvalue weighted by Gasteiger charge is -2.44. The van der Waals surface area contributed by atoms with E-state index in [1.165, 1.54) is 16.7 Å². The fourth-order valence-electron chi connectivity index (χ4n) is 2.92. The molecule has 4 rings (SSSR count). The van der Waals surface area contributed by atoms with Crippen LogP contribution in [0.3, 0.4) is 0 Å². The molecular weight excluding hydrogens is 448 g/mol.